The van der Waals surface area contributed by atoms with Crippen LogP contribution in [0.25, 0.3) is 0 Å². The minimum Gasteiger partial charge on any atom is -0.316 e. The summed E-state index contributed by atoms with van der Waals surface area (Å²) in [6.07, 6.45) is 0.723. The van der Waals surface area contributed by atoms with Crippen LogP contribution < -0.4 is 10.0 Å². The Morgan fingerprint density at radius 1 is 1.19 bits per heavy atom. The molecular formula is C13H21Cl2N3O2S. The zero-order valence-corrected chi connectivity index (χ0v) is 14.7. The first kappa shape index (κ1) is 18.7. The largest absolute Gasteiger partial charge is 0.316 e. The zero-order valence-electron chi connectivity index (χ0n) is 12.4. The normalized spacial score (nSPS) is 12.1. The molecule has 0 unspecified atom stereocenters. The van der Waals surface area contributed by atoms with Gasteiger partial charge in [-0.2, -0.15) is 0 Å². The smallest absolute Gasteiger partial charge is 0.242 e. The molecule has 0 amide bonds. The number of halogens is 2. The van der Waals surface area contributed by atoms with Crippen molar-refractivity contribution in [2.75, 3.05) is 34.2 Å². The summed E-state index contributed by atoms with van der Waals surface area (Å²) in [5, 5.41) is 3.51. The lowest BCUT2D eigenvalue weighted by Gasteiger charge is -2.13. The van der Waals surface area contributed by atoms with Crippen LogP contribution in [0.5, 0.6) is 0 Å². The van der Waals surface area contributed by atoms with Crippen molar-refractivity contribution in [2.24, 2.45) is 0 Å². The molecular weight excluding hydrogens is 333 g/mol. The minimum absolute atomic E-state index is 0.0590. The fourth-order valence-corrected chi connectivity index (χ4v) is 3.72. The molecule has 2 N–H and O–H groups in total. The lowest BCUT2D eigenvalue weighted by Crippen LogP contribution is -2.27. The number of rotatable bonds is 8. The fourth-order valence-electron chi connectivity index (χ4n) is 1.78. The van der Waals surface area contributed by atoms with Crippen LogP contribution in [0, 0.1) is 0 Å². The van der Waals surface area contributed by atoms with Gasteiger partial charge in [-0.3, -0.25) is 0 Å². The van der Waals surface area contributed by atoms with E-state index in [-0.39, 0.29) is 9.92 Å². The highest BCUT2D eigenvalue weighted by Crippen LogP contribution is 2.28. The number of nitrogens with one attached hydrogen (secondary N) is 2. The molecule has 21 heavy (non-hydrogen) atoms. The van der Waals surface area contributed by atoms with Crippen LogP contribution in [0.4, 0.5) is 0 Å². The third-order valence-electron chi connectivity index (χ3n) is 2.83. The maximum absolute atomic E-state index is 12.3. The quantitative estimate of drug-likeness (QED) is 0.701. The van der Waals surface area contributed by atoms with Gasteiger partial charge in [-0.05, 0) is 51.8 Å². The second-order valence-electron chi connectivity index (χ2n) is 4.96. The van der Waals surface area contributed by atoms with E-state index in [2.05, 4.69) is 10.0 Å². The van der Waals surface area contributed by atoms with E-state index in [4.69, 9.17) is 23.2 Å². The molecule has 0 heterocycles. The third kappa shape index (κ3) is 5.73. The topological polar surface area (TPSA) is 61.4 Å². The van der Waals surface area contributed by atoms with E-state index >= 15 is 0 Å². The van der Waals surface area contributed by atoms with Crippen LogP contribution in [0.15, 0.2) is 17.0 Å². The second kappa shape index (κ2) is 8.31. The summed E-state index contributed by atoms with van der Waals surface area (Å²) in [5.74, 6) is 0. The van der Waals surface area contributed by atoms with Crippen molar-refractivity contribution in [1.29, 1.82) is 0 Å². The van der Waals surface area contributed by atoms with Gasteiger partial charge in [0, 0.05) is 18.1 Å². The molecule has 0 radical (unpaired) electrons. The highest BCUT2D eigenvalue weighted by Gasteiger charge is 2.19. The SMILES string of the molecule is CNCc1cc(S(=O)(=O)NCCCN(C)C)c(Cl)cc1Cl. The standard InChI is InChI=1S/C13H21Cl2N3O2S/c1-16-9-10-7-13(12(15)8-11(10)14)21(19,20)17-5-4-6-18(2)3/h7-8,16-17H,4-6,9H2,1-3H3. The van der Waals surface area contributed by atoms with Crippen molar-refractivity contribution in [1.82, 2.24) is 14.9 Å². The summed E-state index contributed by atoms with van der Waals surface area (Å²) in [4.78, 5) is 2.05. The molecule has 0 saturated heterocycles. The Labute approximate surface area is 136 Å². The minimum atomic E-state index is -3.63. The Morgan fingerprint density at radius 2 is 1.86 bits per heavy atom. The molecule has 0 atom stereocenters. The molecule has 0 aliphatic heterocycles. The monoisotopic (exact) mass is 353 g/mol. The summed E-state index contributed by atoms with van der Waals surface area (Å²) in [5.41, 5.74) is 0.692. The van der Waals surface area contributed by atoms with Crippen LogP contribution >= 0.6 is 23.2 Å². The number of nitrogens with zero attached hydrogens (tertiary/aromatic N) is 1. The second-order valence-corrected chi connectivity index (χ2v) is 7.51. The molecule has 5 nitrogen and oxygen atoms in total. The van der Waals surface area contributed by atoms with E-state index in [1.54, 1.807) is 7.05 Å². The van der Waals surface area contributed by atoms with Crippen molar-refractivity contribution in [3.63, 3.8) is 0 Å². The van der Waals surface area contributed by atoms with Gasteiger partial charge in [0.05, 0.1) is 5.02 Å². The molecule has 0 spiro atoms. The van der Waals surface area contributed by atoms with Gasteiger partial charge < -0.3 is 10.2 Å². The van der Waals surface area contributed by atoms with Crippen LogP contribution in [0.3, 0.4) is 0 Å². The predicted octanol–water partition coefficient (Wildman–Crippen LogP) is 1.94. The van der Waals surface area contributed by atoms with Gasteiger partial charge in [0.25, 0.3) is 0 Å². The molecule has 0 bridgehead atoms. The molecule has 120 valence electrons. The average molecular weight is 354 g/mol. The third-order valence-corrected chi connectivity index (χ3v) is 5.11. The Balaban J connectivity index is 2.89. The van der Waals surface area contributed by atoms with Gasteiger partial charge in [0.15, 0.2) is 0 Å². The summed E-state index contributed by atoms with van der Waals surface area (Å²) < 4.78 is 27.1. The zero-order chi connectivity index (χ0) is 16.0. The van der Waals surface area contributed by atoms with Crippen LogP contribution in [0.1, 0.15) is 12.0 Å². The molecule has 0 saturated carbocycles. The summed E-state index contributed by atoms with van der Waals surface area (Å²) in [7, 11) is 2.01. The highest BCUT2D eigenvalue weighted by atomic mass is 35.5. The van der Waals surface area contributed by atoms with Crippen molar-refractivity contribution in [3.05, 3.63) is 27.7 Å². The Bertz CT molecular complexity index is 577. The van der Waals surface area contributed by atoms with Gasteiger partial charge in [0.2, 0.25) is 10.0 Å². The molecule has 1 aromatic rings. The fraction of sp³-hybridized carbons (Fsp3) is 0.538. The van der Waals surface area contributed by atoms with E-state index in [1.807, 2.05) is 19.0 Å². The molecule has 0 fully saturated rings. The number of hydrogen-bond acceptors (Lipinski definition) is 4. The van der Waals surface area contributed by atoms with E-state index in [1.165, 1.54) is 12.1 Å². The summed E-state index contributed by atoms with van der Waals surface area (Å²) in [6, 6.07) is 2.97. The molecule has 0 aliphatic carbocycles. The summed E-state index contributed by atoms with van der Waals surface area (Å²) in [6.45, 7) is 1.64. The van der Waals surface area contributed by atoms with Crippen molar-refractivity contribution >= 4 is 33.2 Å². The average Bonchev–Trinajstić information content (AvgIpc) is 2.37. The molecule has 1 aromatic carbocycles. The van der Waals surface area contributed by atoms with Crippen molar-refractivity contribution < 1.29 is 8.42 Å². The van der Waals surface area contributed by atoms with Gasteiger partial charge in [-0.25, -0.2) is 13.1 Å². The predicted molar refractivity (Wildman–Crippen MR) is 87.6 cm³/mol. The first-order chi connectivity index (χ1) is 9.77. The van der Waals surface area contributed by atoms with Gasteiger partial charge in [-0.1, -0.05) is 23.2 Å². The van der Waals surface area contributed by atoms with Crippen molar-refractivity contribution in [2.45, 2.75) is 17.9 Å². The molecule has 8 heteroatoms. The Hall–Kier alpha value is -0.370. The van der Waals surface area contributed by atoms with E-state index in [0.29, 0.717) is 23.7 Å². The number of hydrogen-bond donors (Lipinski definition) is 2. The maximum atomic E-state index is 12.3. The van der Waals surface area contributed by atoms with Crippen LogP contribution in [-0.2, 0) is 16.6 Å². The number of benzene rings is 1. The number of sulfonamides is 1. The van der Waals surface area contributed by atoms with E-state index < -0.39 is 10.0 Å². The molecule has 0 aromatic heterocycles. The lowest BCUT2D eigenvalue weighted by molar-refractivity contribution is 0.400. The van der Waals surface area contributed by atoms with Gasteiger partial charge >= 0.3 is 0 Å². The van der Waals surface area contributed by atoms with Crippen molar-refractivity contribution in [3.8, 4) is 0 Å². The van der Waals surface area contributed by atoms with Gasteiger partial charge in [0.1, 0.15) is 4.90 Å². The first-order valence-electron chi connectivity index (χ1n) is 6.55. The summed E-state index contributed by atoms with van der Waals surface area (Å²) >= 11 is 12.1. The molecule has 1 rings (SSSR count). The Morgan fingerprint density at radius 3 is 2.43 bits per heavy atom. The molecule has 0 aliphatic rings. The lowest BCUT2D eigenvalue weighted by atomic mass is 10.2. The maximum Gasteiger partial charge on any atom is 0.242 e. The Kier molecular flexibility index (Phi) is 7.39. The first-order valence-corrected chi connectivity index (χ1v) is 8.78. The van der Waals surface area contributed by atoms with Crippen LogP contribution in [-0.4, -0.2) is 47.6 Å². The van der Waals surface area contributed by atoms with E-state index in [0.717, 1.165) is 13.0 Å². The van der Waals surface area contributed by atoms with E-state index in [9.17, 15) is 8.42 Å². The highest BCUT2D eigenvalue weighted by molar-refractivity contribution is 7.89. The van der Waals surface area contributed by atoms with Gasteiger partial charge in [-0.15, -0.1) is 0 Å². The van der Waals surface area contributed by atoms with Crippen LogP contribution in [0.2, 0.25) is 10.0 Å².